The number of hydrogen-bond acceptors (Lipinski definition) is 6. The predicted molar refractivity (Wildman–Crippen MR) is 109 cm³/mol. The second-order valence-electron chi connectivity index (χ2n) is 5.95. The van der Waals surface area contributed by atoms with Crippen LogP contribution in [0.3, 0.4) is 0 Å². The number of nitrogens with zero attached hydrogens (tertiary/aromatic N) is 1. The van der Waals surface area contributed by atoms with Gasteiger partial charge in [0.15, 0.2) is 10.4 Å². The van der Waals surface area contributed by atoms with Crippen LogP contribution in [0.25, 0.3) is 0 Å². The molecule has 0 fully saturated rings. The first kappa shape index (κ1) is 20.6. The largest absolute Gasteiger partial charge is 0.444 e. The van der Waals surface area contributed by atoms with Crippen molar-refractivity contribution in [1.29, 1.82) is 0 Å². The predicted octanol–water partition coefficient (Wildman–Crippen LogP) is 4.31. The number of aryl methyl sites for hydroxylation is 1. The Balaban J connectivity index is 1.74. The van der Waals surface area contributed by atoms with Gasteiger partial charge in [-0.05, 0) is 65.3 Å². The molecule has 9 nitrogen and oxygen atoms in total. The maximum Gasteiger partial charge on any atom is 0.291 e. The summed E-state index contributed by atoms with van der Waals surface area (Å²) in [5, 5.41) is 13.6. The van der Waals surface area contributed by atoms with Gasteiger partial charge in [-0.2, -0.15) is 0 Å². The van der Waals surface area contributed by atoms with Gasteiger partial charge in [-0.1, -0.05) is 6.07 Å². The molecule has 1 amide bonds. The lowest BCUT2D eigenvalue weighted by Crippen LogP contribution is -2.14. The van der Waals surface area contributed by atoms with Crippen molar-refractivity contribution >= 4 is 48.9 Å². The Morgan fingerprint density at radius 3 is 2.31 bits per heavy atom. The van der Waals surface area contributed by atoms with Crippen LogP contribution in [0.15, 0.2) is 68.6 Å². The number of nitro benzene ring substituents is 1. The number of halogens is 1. The van der Waals surface area contributed by atoms with Crippen LogP contribution in [0.2, 0.25) is 0 Å². The summed E-state index contributed by atoms with van der Waals surface area (Å²) in [5.74, 6) is -0.349. The maximum absolute atomic E-state index is 12.5. The topological polar surface area (TPSA) is 132 Å². The first-order chi connectivity index (χ1) is 13.7. The normalized spacial score (nSPS) is 11.1. The number of hydrogen-bond donors (Lipinski definition) is 2. The Kier molecular flexibility index (Phi) is 5.71. The molecule has 0 aliphatic heterocycles. The minimum absolute atomic E-state index is 0.114. The van der Waals surface area contributed by atoms with Crippen LogP contribution in [-0.4, -0.2) is 19.2 Å². The Morgan fingerprint density at radius 1 is 1.07 bits per heavy atom. The van der Waals surface area contributed by atoms with Gasteiger partial charge in [-0.15, -0.1) is 0 Å². The molecular weight excluding hydrogens is 466 g/mol. The molecule has 2 aromatic carbocycles. The molecule has 0 bridgehead atoms. The van der Waals surface area contributed by atoms with Crippen LogP contribution in [0.5, 0.6) is 0 Å². The molecule has 3 aromatic rings. The molecule has 1 aromatic heterocycles. The van der Waals surface area contributed by atoms with Gasteiger partial charge in [-0.25, -0.2) is 8.42 Å². The van der Waals surface area contributed by atoms with Crippen LogP contribution >= 0.6 is 15.9 Å². The number of rotatable bonds is 6. The molecule has 0 unspecified atom stereocenters. The monoisotopic (exact) mass is 479 g/mol. The molecule has 0 aliphatic rings. The summed E-state index contributed by atoms with van der Waals surface area (Å²) in [4.78, 5) is 22.2. The molecular formula is C18H14BrN3O6S. The molecule has 0 spiro atoms. The summed E-state index contributed by atoms with van der Waals surface area (Å²) in [6.07, 6.45) is 0. The third-order valence-corrected chi connectivity index (χ3v) is 5.68. The summed E-state index contributed by atoms with van der Waals surface area (Å²) >= 11 is 3.11. The lowest BCUT2D eigenvalue weighted by atomic mass is 10.2. The minimum atomic E-state index is -4.02. The van der Waals surface area contributed by atoms with Crippen LogP contribution in [0, 0.1) is 17.0 Å². The molecule has 0 saturated heterocycles. The summed E-state index contributed by atoms with van der Waals surface area (Å²) in [7, 11) is -4.02. The van der Waals surface area contributed by atoms with Crippen molar-refractivity contribution in [2.75, 3.05) is 10.0 Å². The number of amides is 1. The van der Waals surface area contributed by atoms with Gasteiger partial charge < -0.3 is 9.73 Å². The average Bonchev–Trinajstić information content (AvgIpc) is 3.09. The van der Waals surface area contributed by atoms with E-state index in [4.69, 9.17) is 4.42 Å². The number of furan rings is 1. The fourth-order valence-electron chi connectivity index (χ4n) is 2.42. The molecule has 29 heavy (non-hydrogen) atoms. The Morgan fingerprint density at radius 2 is 1.72 bits per heavy atom. The van der Waals surface area contributed by atoms with Crippen molar-refractivity contribution in [1.82, 2.24) is 0 Å². The number of benzene rings is 2. The fourth-order valence-corrected chi connectivity index (χ4v) is 3.80. The highest BCUT2D eigenvalue weighted by atomic mass is 79.9. The van der Waals surface area contributed by atoms with Crippen LogP contribution in [0.4, 0.5) is 17.1 Å². The summed E-state index contributed by atoms with van der Waals surface area (Å²) in [6, 6.07) is 12.7. The zero-order chi connectivity index (χ0) is 21.2. The number of carbonyl (C=O) groups is 1. The first-order valence-corrected chi connectivity index (χ1v) is 10.4. The smallest absolute Gasteiger partial charge is 0.291 e. The number of anilines is 2. The van der Waals surface area contributed by atoms with E-state index >= 15 is 0 Å². The van der Waals surface area contributed by atoms with E-state index in [1.807, 2.05) is 0 Å². The SMILES string of the molecule is Cc1ccc(S(=O)(=O)Nc2ccc(NC(=O)c3ccc(Br)o3)cc2)cc1[N+](=O)[O-]. The van der Waals surface area contributed by atoms with E-state index in [9.17, 15) is 23.3 Å². The third-order valence-electron chi connectivity index (χ3n) is 3.88. The molecule has 11 heteroatoms. The second kappa shape index (κ2) is 8.05. The number of carbonyl (C=O) groups excluding carboxylic acids is 1. The van der Waals surface area contributed by atoms with E-state index in [0.717, 1.165) is 6.07 Å². The van der Waals surface area contributed by atoms with E-state index in [1.54, 1.807) is 6.07 Å². The van der Waals surface area contributed by atoms with Crippen molar-refractivity contribution in [3.05, 3.63) is 80.7 Å². The standard InChI is InChI=1S/C18H14BrN3O6S/c1-11-2-7-14(10-15(11)22(24)25)29(26,27)21-13-5-3-12(4-6-13)20-18(23)16-8-9-17(19)28-16/h2-10,21H,1H3,(H,20,23). The van der Waals surface area contributed by atoms with Gasteiger partial charge in [0.1, 0.15) is 0 Å². The fraction of sp³-hybridized carbons (Fsp3) is 0.0556. The molecule has 3 rings (SSSR count). The van der Waals surface area contributed by atoms with E-state index in [-0.39, 0.29) is 22.0 Å². The van der Waals surface area contributed by atoms with Crippen molar-refractivity contribution in [2.45, 2.75) is 11.8 Å². The third kappa shape index (κ3) is 4.81. The number of nitrogens with one attached hydrogen (secondary N) is 2. The highest BCUT2D eigenvalue weighted by Crippen LogP contribution is 2.24. The van der Waals surface area contributed by atoms with Crippen LogP contribution < -0.4 is 10.0 Å². The van der Waals surface area contributed by atoms with Gasteiger partial charge >= 0.3 is 0 Å². The molecule has 150 valence electrons. The Hall–Kier alpha value is -3.18. The van der Waals surface area contributed by atoms with Crippen molar-refractivity contribution in [3.63, 3.8) is 0 Å². The Bertz CT molecular complexity index is 1190. The summed E-state index contributed by atoms with van der Waals surface area (Å²) < 4.78 is 33.0. The molecule has 0 aliphatic carbocycles. The van der Waals surface area contributed by atoms with Crippen LogP contribution in [0.1, 0.15) is 16.1 Å². The minimum Gasteiger partial charge on any atom is -0.444 e. The highest BCUT2D eigenvalue weighted by Gasteiger charge is 2.20. The van der Waals surface area contributed by atoms with Gasteiger partial charge in [0, 0.05) is 23.0 Å². The van der Waals surface area contributed by atoms with Crippen molar-refractivity contribution in [2.24, 2.45) is 0 Å². The van der Waals surface area contributed by atoms with Gasteiger partial charge in [0.05, 0.1) is 9.82 Å². The summed E-state index contributed by atoms with van der Waals surface area (Å²) in [6.45, 7) is 1.52. The van der Waals surface area contributed by atoms with Crippen molar-refractivity contribution < 1.29 is 22.6 Å². The van der Waals surface area contributed by atoms with Crippen LogP contribution in [-0.2, 0) is 10.0 Å². The Labute approximate surface area is 174 Å². The molecule has 2 N–H and O–H groups in total. The summed E-state index contributed by atoms with van der Waals surface area (Å²) in [5.41, 5.74) is 0.733. The lowest BCUT2D eigenvalue weighted by Gasteiger charge is -2.10. The van der Waals surface area contributed by atoms with E-state index < -0.39 is 20.9 Å². The molecule has 0 radical (unpaired) electrons. The zero-order valence-electron chi connectivity index (χ0n) is 14.9. The van der Waals surface area contributed by atoms with Gasteiger partial charge in [0.2, 0.25) is 0 Å². The van der Waals surface area contributed by atoms with Gasteiger partial charge in [-0.3, -0.25) is 19.6 Å². The first-order valence-electron chi connectivity index (χ1n) is 8.10. The quantitative estimate of drug-likeness (QED) is 0.399. The highest BCUT2D eigenvalue weighted by molar-refractivity contribution is 9.10. The molecule has 0 atom stereocenters. The zero-order valence-corrected chi connectivity index (χ0v) is 17.3. The van der Waals surface area contributed by atoms with E-state index in [2.05, 4.69) is 26.0 Å². The second-order valence-corrected chi connectivity index (χ2v) is 8.41. The average molecular weight is 480 g/mol. The van der Waals surface area contributed by atoms with E-state index in [1.165, 1.54) is 49.4 Å². The molecule has 0 saturated carbocycles. The lowest BCUT2D eigenvalue weighted by molar-refractivity contribution is -0.385. The maximum atomic E-state index is 12.5. The number of sulfonamides is 1. The number of nitro groups is 1. The van der Waals surface area contributed by atoms with Crippen molar-refractivity contribution in [3.8, 4) is 0 Å². The molecule has 1 heterocycles. The van der Waals surface area contributed by atoms with E-state index in [0.29, 0.717) is 15.9 Å². The van der Waals surface area contributed by atoms with Gasteiger partial charge in [0.25, 0.3) is 21.6 Å².